The van der Waals surface area contributed by atoms with E-state index in [2.05, 4.69) is 32.7 Å². The summed E-state index contributed by atoms with van der Waals surface area (Å²) in [5.74, 6) is -0.559. The fraction of sp³-hybridized carbons (Fsp3) is 0.333. The number of oxazole rings is 1. The molecular weight excluding hydrogens is 434 g/mol. The molecule has 1 fully saturated rings. The lowest BCUT2D eigenvalue weighted by atomic mass is 10.1. The molecule has 4 N–H and O–H groups in total. The van der Waals surface area contributed by atoms with Crippen LogP contribution in [-0.4, -0.2) is 57.7 Å². The predicted molar refractivity (Wildman–Crippen MR) is 120 cm³/mol. The van der Waals surface area contributed by atoms with Gasteiger partial charge in [0, 0.05) is 17.8 Å². The number of benzene rings is 1. The maximum absolute atomic E-state index is 12.4. The molecule has 1 aromatic carbocycles. The summed E-state index contributed by atoms with van der Waals surface area (Å²) in [6, 6.07) is 5.32. The Balaban J connectivity index is 1.40. The van der Waals surface area contributed by atoms with Gasteiger partial charge in [0.25, 0.3) is 11.9 Å². The first-order chi connectivity index (χ1) is 15.4. The summed E-state index contributed by atoms with van der Waals surface area (Å²) in [6.45, 7) is 2.10. The van der Waals surface area contributed by atoms with Crippen molar-refractivity contribution in [3.63, 3.8) is 0 Å². The van der Waals surface area contributed by atoms with E-state index in [1.165, 1.54) is 6.26 Å². The molecule has 0 bridgehead atoms. The zero-order valence-corrected chi connectivity index (χ0v) is 18.3. The fourth-order valence-corrected chi connectivity index (χ4v) is 3.72. The van der Waals surface area contributed by atoms with Crippen molar-refractivity contribution in [3.05, 3.63) is 47.6 Å². The third kappa shape index (κ3) is 5.27. The standard InChI is InChI=1S/C21H24ClN7O3/c1-28-6-4-15(5-7-28)25-19(30)11-29-10-14(9-24-29)13-2-3-16(22)17(8-13)26-20(31)18-12-32-21(23)27-18/h2-3,8-10,12,15H,4-7,11H2,1H3,(H2,23,27)(H,25,30)(H,26,31). The highest BCUT2D eigenvalue weighted by Crippen LogP contribution is 2.29. The van der Waals surface area contributed by atoms with Crippen molar-refractivity contribution in [2.75, 3.05) is 31.2 Å². The lowest BCUT2D eigenvalue weighted by molar-refractivity contribution is -0.122. The van der Waals surface area contributed by atoms with Gasteiger partial charge in [0.2, 0.25) is 5.91 Å². The number of nitrogen functional groups attached to an aromatic ring is 1. The summed E-state index contributed by atoms with van der Waals surface area (Å²) in [7, 11) is 2.08. The normalized spacial score (nSPS) is 14.9. The van der Waals surface area contributed by atoms with Crippen LogP contribution in [0.4, 0.5) is 11.7 Å². The molecule has 0 atom stereocenters. The van der Waals surface area contributed by atoms with Crippen LogP contribution in [0.3, 0.4) is 0 Å². The average Bonchev–Trinajstić information content (AvgIpc) is 3.40. The van der Waals surface area contributed by atoms with Gasteiger partial charge in [-0.05, 0) is 50.7 Å². The summed E-state index contributed by atoms with van der Waals surface area (Å²) in [4.78, 5) is 30.8. The van der Waals surface area contributed by atoms with Crippen molar-refractivity contribution < 1.29 is 14.0 Å². The van der Waals surface area contributed by atoms with E-state index in [1.54, 1.807) is 29.2 Å². The van der Waals surface area contributed by atoms with Gasteiger partial charge in [0.15, 0.2) is 5.69 Å². The first-order valence-corrected chi connectivity index (χ1v) is 10.6. The van der Waals surface area contributed by atoms with Crippen molar-refractivity contribution in [2.24, 2.45) is 0 Å². The smallest absolute Gasteiger partial charge is 0.292 e. The van der Waals surface area contributed by atoms with E-state index in [1.807, 2.05) is 6.07 Å². The molecule has 11 heteroatoms. The molecule has 2 amide bonds. The van der Waals surface area contributed by atoms with E-state index >= 15 is 0 Å². The van der Waals surface area contributed by atoms with Crippen molar-refractivity contribution in [3.8, 4) is 11.1 Å². The van der Waals surface area contributed by atoms with Crippen molar-refractivity contribution >= 4 is 35.1 Å². The number of hydrogen-bond donors (Lipinski definition) is 3. The largest absolute Gasteiger partial charge is 0.431 e. The van der Waals surface area contributed by atoms with Crippen LogP contribution in [0.25, 0.3) is 11.1 Å². The second-order valence-corrected chi connectivity index (χ2v) is 8.20. The molecule has 3 heterocycles. The third-order valence-corrected chi connectivity index (χ3v) is 5.65. The number of likely N-dealkylation sites (tertiary alicyclic amines) is 1. The SMILES string of the molecule is CN1CCC(NC(=O)Cn2cc(-c3ccc(Cl)c(NC(=O)c4coc(N)n4)c3)cn2)CC1. The Morgan fingerprint density at radius 3 is 2.78 bits per heavy atom. The second kappa shape index (κ2) is 9.41. The molecule has 0 unspecified atom stereocenters. The molecule has 1 saturated heterocycles. The molecule has 1 aliphatic heterocycles. The molecule has 32 heavy (non-hydrogen) atoms. The predicted octanol–water partition coefficient (Wildman–Crippen LogP) is 2.24. The molecule has 0 radical (unpaired) electrons. The minimum absolute atomic E-state index is 0.0485. The number of amides is 2. The monoisotopic (exact) mass is 457 g/mol. The van der Waals surface area contributed by atoms with Crippen LogP contribution in [0.2, 0.25) is 5.02 Å². The van der Waals surface area contributed by atoms with E-state index < -0.39 is 5.91 Å². The first kappa shape index (κ1) is 21.8. The summed E-state index contributed by atoms with van der Waals surface area (Å²) >= 11 is 6.24. The number of carbonyl (C=O) groups is 2. The van der Waals surface area contributed by atoms with E-state index in [9.17, 15) is 9.59 Å². The molecule has 0 spiro atoms. The van der Waals surface area contributed by atoms with Gasteiger partial charge >= 0.3 is 0 Å². The summed E-state index contributed by atoms with van der Waals surface area (Å²) in [5, 5.41) is 10.4. The van der Waals surface area contributed by atoms with Gasteiger partial charge in [-0.3, -0.25) is 14.3 Å². The molecule has 2 aromatic heterocycles. The highest BCUT2D eigenvalue weighted by atomic mass is 35.5. The maximum Gasteiger partial charge on any atom is 0.292 e. The molecule has 0 saturated carbocycles. The fourth-order valence-electron chi connectivity index (χ4n) is 3.55. The van der Waals surface area contributed by atoms with Gasteiger partial charge in [-0.15, -0.1) is 0 Å². The molecule has 168 valence electrons. The Kier molecular flexibility index (Phi) is 6.42. The molecule has 3 aromatic rings. The Labute approximate surface area is 189 Å². The summed E-state index contributed by atoms with van der Waals surface area (Å²) < 4.78 is 6.45. The van der Waals surface area contributed by atoms with Crippen LogP contribution >= 0.6 is 11.6 Å². The molecule has 4 rings (SSSR count). The number of nitrogens with two attached hydrogens (primary N) is 1. The number of hydrogen-bond acceptors (Lipinski definition) is 7. The van der Waals surface area contributed by atoms with E-state index in [-0.39, 0.29) is 30.2 Å². The molecule has 10 nitrogen and oxygen atoms in total. The van der Waals surface area contributed by atoms with Crippen LogP contribution in [0.1, 0.15) is 23.3 Å². The van der Waals surface area contributed by atoms with Crippen molar-refractivity contribution in [2.45, 2.75) is 25.4 Å². The number of anilines is 2. The van der Waals surface area contributed by atoms with Crippen LogP contribution in [0, 0.1) is 0 Å². The van der Waals surface area contributed by atoms with Crippen LogP contribution in [-0.2, 0) is 11.3 Å². The number of nitrogens with zero attached hydrogens (tertiary/aromatic N) is 4. The van der Waals surface area contributed by atoms with Crippen LogP contribution in [0.5, 0.6) is 0 Å². The van der Waals surface area contributed by atoms with Crippen LogP contribution < -0.4 is 16.4 Å². The lowest BCUT2D eigenvalue weighted by Crippen LogP contribution is -2.44. The van der Waals surface area contributed by atoms with Gasteiger partial charge in [-0.25, -0.2) is 0 Å². The van der Waals surface area contributed by atoms with Gasteiger partial charge in [-0.2, -0.15) is 10.1 Å². The van der Waals surface area contributed by atoms with Gasteiger partial charge in [0.05, 0.1) is 16.9 Å². The Hall–Kier alpha value is -3.37. The zero-order chi connectivity index (χ0) is 22.7. The molecular formula is C21H24ClN7O3. The highest BCUT2D eigenvalue weighted by Gasteiger charge is 2.19. The third-order valence-electron chi connectivity index (χ3n) is 5.33. The number of rotatable bonds is 6. The number of aromatic nitrogens is 3. The number of nitrogens with one attached hydrogen (secondary N) is 2. The van der Waals surface area contributed by atoms with Crippen molar-refractivity contribution in [1.82, 2.24) is 25.0 Å². The summed E-state index contributed by atoms with van der Waals surface area (Å²) in [6.07, 6.45) is 6.51. The van der Waals surface area contributed by atoms with E-state index in [0.29, 0.717) is 10.7 Å². The number of carbonyl (C=O) groups excluding carboxylic acids is 2. The minimum Gasteiger partial charge on any atom is -0.431 e. The quantitative estimate of drug-likeness (QED) is 0.517. The summed E-state index contributed by atoms with van der Waals surface area (Å²) in [5.41, 5.74) is 7.44. The average molecular weight is 458 g/mol. The lowest BCUT2D eigenvalue weighted by Gasteiger charge is -2.29. The highest BCUT2D eigenvalue weighted by molar-refractivity contribution is 6.34. The molecule has 1 aliphatic rings. The van der Waals surface area contributed by atoms with E-state index in [4.69, 9.17) is 21.8 Å². The van der Waals surface area contributed by atoms with Crippen LogP contribution in [0.15, 0.2) is 41.3 Å². The van der Waals surface area contributed by atoms with E-state index in [0.717, 1.165) is 37.1 Å². The van der Waals surface area contributed by atoms with Gasteiger partial charge < -0.3 is 25.7 Å². The minimum atomic E-state index is -0.495. The van der Waals surface area contributed by atoms with Gasteiger partial charge in [-0.1, -0.05) is 17.7 Å². The Morgan fingerprint density at radius 2 is 2.06 bits per heavy atom. The van der Waals surface area contributed by atoms with Crippen molar-refractivity contribution in [1.29, 1.82) is 0 Å². The second-order valence-electron chi connectivity index (χ2n) is 7.79. The number of piperidine rings is 1. The number of halogens is 1. The first-order valence-electron chi connectivity index (χ1n) is 10.2. The Morgan fingerprint density at radius 1 is 1.28 bits per heavy atom. The maximum atomic E-state index is 12.4. The Bertz CT molecular complexity index is 1120. The topological polar surface area (TPSA) is 131 Å². The zero-order valence-electron chi connectivity index (χ0n) is 17.5. The van der Waals surface area contributed by atoms with Gasteiger partial charge in [0.1, 0.15) is 12.8 Å². The molecule has 0 aliphatic carbocycles.